The van der Waals surface area contributed by atoms with E-state index < -0.39 is 0 Å². The van der Waals surface area contributed by atoms with Crippen LogP contribution >= 0.6 is 11.8 Å². The Kier molecular flexibility index (Phi) is 2.93. The molecule has 0 atom stereocenters. The normalized spacial score (nSPS) is 10.1. The Morgan fingerprint density at radius 1 is 1.44 bits per heavy atom. The maximum atomic E-state index is 8.65. The minimum Gasteiger partial charge on any atom is -0.261 e. The Hall–Kier alpha value is -1.80. The second-order valence-electron chi connectivity index (χ2n) is 3.35. The zero-order chi connectivity index (χ0) is 11.5. The summed E-state index contributed by atoms with van der Waals surface area (Å²) in [6, 6.07) is 7.65. The van der Waals surface area contributed by atoms with Crippen LogP contribution in [-0.4, -0.2) is 14.8 Å². The molecule has 0 aliphatic heterocycles. The fourth-order valence-corrected chi connectivity index (χ4v) is 2.15. The molecule has 2 aromatic rings. The predicted octanol–water partition coefficient (Wildman–Crippen LogP) is 2.15. The van der Waals surface area contributed by atoms with E-state index in [9.17, 15) is 0 Å². The molecule has 0 saturated heterocycles. The molecule has 80 valence electrons. The quantitative estimate of drug-likeness (QED) is 0.793. The highest BCUT2D eigenvalue weighted by molar-refractivity contribution is 7.99. The molecule has 0 N–H and O–H groups in total. The predicted molar refractivity (Wildman–Crippen MR) is 61.0 cm³/mol. The molecule has 0 aliphatic carbocycles. The standard InChI is InChI=1S/C11H10N4S/c1-8-5-11(15(2)14-8)16-10-4-3-9(6-12)7-13-10/h3-5,7H,1-2H3. The number of rotatable bonds is 2. The summed E-state index contributed by atoms with van der Waals surface area (Å²) in [5, 5.41) is 14.8. The second-order valence-corrected chi connectivity index (χ2v) is 4.39. The van der Waals surface area contributed by atoms with E-state index in [1.54, 1.807) is 12.3 Å². The molecule has 0 saturated carbocycles. The van der Waals surface area contributed by atoms with E-state index in [1.165, 1.54) is 11.8 Å². The summed E-state index contributed by atoms with van der Waals surface area (Å²) in [6.45, 7) is 1.95. The number of nitriles is 1. The average Bonchev–Trinajstić information content (AvgIpc) is 2.59. The van der Waals surface area contributed by atoms with Crippen LogP contribution in [0.4, 0.5) is 0 Å². The molecule has 4 nitrogen and oxygen atoms in total. The van der Waals surface area contributed by atoms with Crippen molar-refractivity contribution in [1.29, 1.82) is 5.26 Å². The highest BCUT2D eigenvalue weighted by Crippen LogP contribution is 2.25. The maximum Gasteiger partial charge on any atom is 0.102 e. The van der Waals surface area contributed by atoms with Gasteiger partial charge in [-0.25, -0.2) is 4.98 Å². The number of nitrogens with zero attached hydrogens (tertiary/aromatic N) is 4. The van der Waals surface area contributed by atoms with Gasteiger partial charge < -0.3 is 0 Å². The van der Waals surface area contributed by atoms with E-state index in [0.29, 0.717) is 5.56 Å². The summed E-state index contributed by atoms with van der Waals surface area (Å²) < 4.78 is 1.82. The fraction of sp³-hybridized carbons (Fsp3) is 0.182. The van der Waals surface area contributed by atoms with Crippen LogP contribution in [0.15, 0.2) is 34.4 Å². The third-order valence-corrected chi connectivity index (χ3v) is 3.08. The Bertz CT molecular complexity index is 536. The molecule has 0 fully saturated rings. The first-order valence-electron chi connectivity index (χ1n) is 4.73. The van der Waals surface area contributed by atoms with E-state index in [2.05, 4.69) is 10.1 Å². The number of aromatic nitrogens is 3. The summed E-state index contributed by atoms with van der Waals surface area (Å²) in [4.78, 5) is 4.19. The van der Waals surface area contributed by atoms with Gasteiger partial charge >= 0.3 is 0 Å². The van der Waals surface area contributed by atoms with Crippen molar-refractivity contribution in [3.8, 4) is 6.07 Å². The third kappa shape index (κ3) is 2.23. The van der Waals surface area contributed by atoms with Crippen LogP contribution in [0.2, 0.25) is 0 Å². The Balaban J connectivity index is 2.21. The first-order valence-corrected chi connectivity index (χ1v) is 5.55. The summed E-state index contributed by atoms with van der Waals surface area (Å²) in [5.74, 6) is 0. The minimum absolute atomic E-state index is 0.575. The molecule has 5 heteroatoms. The molecule has 0 spiro atoms. The number of hydrogen-bond donors (Lipinski definition) is 0. The van der Waals surface area contributed by atoms with Crippen molar-refractivity contribution in [2.45, 2.75) is 17.0 Å². The summed E-state index contributed by atoms with van der Waals surface area (Å²) in [6.07, 6.45) is 1.57. The first kappa shape index (κ1) is 10.7. The summed E-state index contributed by atoms with van der Waals surface area (Å²) in [5.41, 5.74) is 1.56. The number of pyridine rings is 1. The van der Waals surface area contributed by atoms with Gasteiger partial charge in [0.25, 0.3) is 0 Å². The zero-order valence-electron chi connectivity index (χ0n) is 9.01. The van der Waals surface area contributed by atoms with Gasteiger partial charge in [0, 0.05) is 13.2 Å². The van der Waals surface area contributed by atoms with Crippen LogP contribution in [-0.2, 0) is 7.05 Å². The van der Waals surface area contributed by atoms with Crippen LogP contribution in [0.3, 0.4) is 0 Å². The molecule has 2 aromatic heterocycles. The lowest BCUT2D eigenvalue weighted by atomic mass is 10.3. The van der Waals surface area contributed by atoms with Crippen molar-refractivity contribution in [2.75, 3.05) is 0 Å². The molecular weight excluding hydrogens is 220 g/mol. The summed E-state index contributed by atoms with van der Waals surface area (Å²) in [7, 11) is 1.90. The van der Waals surface area contributed by atoms with Gasteiger partial charge in [0.05, 0.1) is 11.3 Å². The van der Waals surface area contributed by atoms with E-state index in [1.807, 2.05) is 36.9 Å². The lowest BCUT2D eigenvalue weighted by Gasteiger charge is -2.00. The minimum atomic E-state index is 0.575. The van der Waals surface area contributed by atoms with Gasteiger partial charge in [0.1, 0.15) is 16.1 Å². The lowest BCUT2D eigenvalue weighted by Crippen LogP contribution is -1.92. The van der Waals surface area contributed by atoms with Crippen LogP contribution in [0.1, 0.15) is 11.3 Å². The van der Waals surface area contributed by atoms with Crippen LogP contribution in [0.25, 0.3) is 0 Å². The second kappa shape index (κ2) is 4.37. The Morgan fingerprint density at radius 2 is 2.25 bits per heavy atom. The molecule has 0 radical (unpaired) electrons. The SMILES string of the molecule is Cc1cc(Sc2ccc(C#N)cn2)n(C)n1. The highest BCUT2D eigenvalue weighted by Gasteiger charge is 2.05. The molecule has 2 heterocycles. The molecular formula is C11H10N4S. The van der Waals surface area contributed by atoms with Crippen molar-refractivity contribution in [3.63, 3.8) is 0 Å². The summed E-state index contributed by atoms with van der Waals surface area (Å²) >= 11 is 1.53. The Morgan fingerprint density at radius 3 is 2.75 bits per heavy atom. The van der Waals surface area contributed by atoms with Gasteiger partial charge in [-0.3, -0.25) is 4.68 Å². The number of hydrogen-bond acceptors (Lipinski definition) is 4. The lowest BCUT2D eigenvalue weighted by molar-refractivity contribution is 0.692. The van der Waals surface area contributed by atoms with E-state index in [0.717, 1.165) is 15.7 Å². The van der Waals surface area contributed by atoms with Crippen LogP contribution in [0, 0.1) is 18.3 Å². The smallest absolute Gasteiger partial charge is 0.102 e. The zero-order valence-corrected chi connectivity index (χ0v) is 9.82. The van der Waals surface area contributed by atoms with Crippen molar-refractivity contribution in [2.24, 2.45) is 7.05 Å². The number of aryl methyl sites for hydroxylation is 2. The molecule has 0 amide bonds. The van der Waals surface area contributed by atoms with Crippen molar-refractivity contribution in [1.82, 2.24) is 14.8 Å². The Labute approximate surface area is 97.9 Å². The molecule has 0 aliphatic rings. The van der Waals surface area contributed by atoms with Crippen molar-refractivity contribution >= 4 is 11.8 Å². The van der Waals surface area contributed by atoms with Gasteiger partial charge in [-0.1, -0.05) is 11.8 Å². The van der Waals surface area contributed by atoms with Gasteiger partial charge in [-0.2, -0.15) is 10.4 Å². The van der Waals surface area contributed by atoms with Gasteiger partial charge in [-0.05, 0) is 25.1 Å². The average molecular weight is 230 g/mol. The third-order valence-electron chi connectivity index (χ3n) is 2.03. The van der Waals surface area contributed by atoms with Gasteiger partial charge in [0.15, 0.2) is 0 Å². The topological polar surface area (TPSA) is 54.5 Å². The monoisotopic (exact) mass is 230 g/mol. The highest BCUT2D eigenvalue weighted by atomic mass is 32.2. The van der Waals surface area contributed by atoms with Crippen LogP contribution < -0.4 is 0 Å². The van der Waals surface area contributed by atoms with E-state index >= 15 is 0 Å². The van der Waals surface area contributed by atoms with Crippen molar-refractivity contribution < 1.29 is 0 Å². The fourth-order valence-electron chi connectivity index (χ4n) is 1.30. The molecule has 0 unspecified atom stereocenters. The van der Waals surface area contributed by atoms with E-state index in [4.69, 9.17) is 5.26 Å². The first-order chi connectivity index (χ1) is 7.69. The maximum absolute atomic E-state index is 8.65. The van der Waals surface area contributed by atoms with E-state index in [-0.39, 0.29) is 0 Å². The molecule has 0 aromatic carbocycles. The van der Waals surface area contributed by atoms with Gasteiger partial charge in [0.2, 0.25) is 0 Å². The van der Waals surface area contributed by atoms with Gasteiger partial charge in [-0.15, -0.1) is 0 Å². The largest absolute Gasteiger partial charge is 0.261 e. The van der Waals surface area contributed by atoms with Crippen molar-refractivity contribution in [3.05, 3.63) is 35.7 Å². The molecule has 16 heavy (non-hydrogen) atoms. The molecule has 0 bridgehead atoms. The molecule has 2 rings (SSSR count). The van der Waals surface area contributed by atoms with Crippen LogP contribution in [0.5, 0.6) is 0 Å².